The van der Waals surface area contributed by atoms with E-state index in [-0.39, 0.29) is 10.8 Å². The molecule has 0 aromatic heterocycles. The first-order chi connectivity index (χ1) is 14.3. The van der Waals surface area contributed by atoms with Crippen molar-refractivity contribution in [3.8, 4) is 0 Å². The molecule has 4 saturated carbocycles. The van der Waals surface area contributed by atoms with Crippen LogP contribution in [0.1, 0.15) is 78.1 Å². The summed E-state index contributed by atoms with van der Waals surface area (Å²) in [5, 5.41) is 15.5. The first-order valence-electron chi connectivity index (χ1n) is 12.6. The summed E-state index contributed by atoms with van der Waals surface area (Å²) in [6.07, 6.45) is 15.2. The van der Waals surface area contributed by atoms with Gasteiger partial charge in [-0.25, -0.2) is 0 Å². The number of nitrogens with one attached hydrogen (secondary N) is 1. The van der Waals surface area contributed by atoms with Crippen LogP contribution in [-0.4, -0.2) is 29.6 Å². The second-order valence-corrected chi connectivity index (χ2v) is 11.9. The van der Waals surface area contributed by atoms with E-state index in [1.165, 1.54) is 24.8 Å². The summed E-state index contributed by atoms with van der Waals surface area (Å²) >= 11 is 0. The van der Waals surface area contributed by atoms with Gasteiger partial charge < -0.3 is 10.4 Å². The molecule has 30 heavy (non-hydrogen) atoms. The Balaban J connectivity index is 1.36. The van der Waals surface area contributed by atoms with Crippen LogP contribution in [0.3, 0.4) is 0 Å². The lowest BCUT2D eigenvalue weighted by Gasteiger charge is -2.64. The first kappa shape index (κ1) is 20.9. The zero-order chi connectivity index (χ0) is 21.1. The monoisotopic (exact) mass is 411 g/mol. The van der Waals surface area contributed by atoms with Crippen LogP contribution in [-0.2, 0) is 4.79 Å². The summed E-state index contributed by atoms with van der Waals surface area (Å²) in [5.74, 6) is 3.05. The predicted octanol–water partition coefficient (Wildman–Crippen LogP) is 5.05. The molecule has 0 radical (unpaired) electrons. The predicted molar refractivity (Wildman–Crippen MR) is 121 cm³/mol. The highest BCUT2D eigenvalue weighted by Gasteiger charge is 2.65. The van der Waals surface area contributed by atoms with Crippen LogP contribution in [0.5, 0.6) is 0 Å². The van der Waals surface area contributed by atoms with Crippen molar-refractivity contribution < 1.29 is 9.90 Å². The molecule has 5 aliphatic rings. The van der Waals surface area contributed by atoms with E-state index in [0.717, 1.165) is 58.0 Å². The Bertz CT molecular complexity index is 752. The number of piperidine rings is 1. The zero-order valence-electron chi connectivity index (χ0n) is 19.1. The van der Waals surface area contributed by atoms with Crippen LogP contribution in [0, 0.1) is 40.4 Å². The molecular formula is C27H41NO2. The van der Waals surface area contributed by atoms with Gasteiger partial charge in [0.15, 0.2) is 0 Å². The van der Waals surface area contributed by atoms with Crippen LogP contribution in [0.25, 0.3) is 0 Å². The standard InChI is InChI=1S/C27H41NO2/c1-18-16-27(30)17-20(5-4-19-10-14-28-15-11-19)8-13-26(27,3)22-9-12-25(2)21(24(18)22)6-7-23(25)29/h4-5,19-22,24,28,30H,1,6-17H2,2-3H3/t20?,21-,22+,24-,25-,26+,27?/m0/s1. The van der Waals surface area contributed by atoms with Crippen molar-refractivity contribution in [3.63, 3.8) is 0 Å². The van der Waals surface area contributed by atoms with Crippen molar-refractivity contribution in [2.75, 3.05) is 13.1 Å². The molecule has 2 unspecified atom stereocenters. The Labute approximate surface area is 182 Å². The Kier molecular flexibility index (Phi) is 5.10. The van der Waals surface area contributed by atoms with Crippen LogP contribution in [0.4, 0.5) is 0 Å². The third-order valence-corrected chi connectivity index (χ3v) is 10.5. The zero-order valence-corrected chi connectivity index (χ0v) is 19.1. The summed E-state index contributed by atoms with van der Waals surface area (Å²) in [4.78, 5) is 12.7. The minimum absolute atomic E-state index is 0.0368. The molecule has 4 aliphatic carbocycles. The van der Waals surface area contributed by atoms with Gasteiger partial charge in [0.05, 0.1) is 5.60 Å². The smallest absolute Gasteiger partial charge is 0.139 e. The van der Waals surface area contributed by atoms with Crippen molar-refractivity contribution in [3.05, 3.63) is 24.3 Å². The average Bonchev–Trinajstić information content (AvgIpc) is 3.03. The maximum absolute atomic E-state index is 12.7. The number of allylic oxidation sites excluding steroid dienone is 2. The van der Waals surface area contributed by atoms with Crippen LogP contribution in [0.2, 0.25) is 0 Å². The fourth-order valence-corrected chi connectivity index (χ4v) is 8.50. The molecule has 5 rings (SSSR count). The molecule has 0 bridgehead atoms. The summed E-state index contributed by atoms with van der Waals surface area (Å²) in [5.41, 5.74) is 0.437. The SMILES string of the molecule is C=C1CC2(O)CC(C=CC3CCNCC3)CC[C@]2(C)[C@@H]2CC[C@]3(C)C(=O)CC[C@H]3[C@H]12. The van der Waals surface area contributed by atoms with Gasteiger partial charge in [-0.2, -0.15) is 0 Å². The van der Waals surface area contributed by atoms with E-state index in [1.807, 2.05) is 0 Å². The molecule has 7 atom stereocenters. The van der Waals surface area contributed by atoms with Crippen LogP contribution in [0.15, 0.2) is 24.3 Å². The summed E-state index contributed by atoms with van der Waals surface area (Å²) in [6, 6.07) is 0. The van der Waals surface area contributed by atoms with Gasteiger partial charge in [-0.15, -0.1) is 0 Å². The number of hydrogen-bond donors (Lipinski definition) is 2. The molecule has 0 amide bonds. The molecule has 0 aromatic rings. The van der Waals surface area contributed by atoms with Crippen molar-refractivity contribution >= 4 is 5.78 Å². The van der Waals surface area contributed by atoms with Crippen molar-refractivity contribution in [2.24, 2.45) is 40.4 Å². The number of hydrogen-bond acceptors (Lipinski definition) is 3. The van der Waals surface area contributed by atoms with Gasteiger partial charge in [-0.05, 0) is 100 Å². The van der Waals surface area contributed by atoms with E-state index in [1.54, 1.807) is 0 Å². The number of carbonyl (C=O) groups excluding carboxylic acids is 1. The van der Waals surface area contributed by atoms with E-state index in [2.05, 4.69) is 37.9 Å². The normalized spacial score (nSPS) is 49.7. The highest BCUT2D eigenvalue weighted by atomic mass is 16.3. The molecule has 166 valence electrons. The quantitative estimate of drug-likeness (QED) is 0.625. The second-order valence-electron chi connectivity index (χ2n) is 11.9. The Hall–Kier alpha value is -0.930. The molecule has 3 heteroatoms. The molecule has 5 fully saturated rings. The van der Waals surface area contributed by atoms with E-state index in [9.17, 15) is 9.90 Å². The van der Waals surface area contributed by atoms with E-state index >= 15 is 0 Å². The van der Waals surface area contributed by atoms with Crippen LogP contribution < -0.4 is 5.32 Å². The topological polar surface area (TPSA) is 49.3 Å². The number of Topliss-reactive ketones (excluding diaryl/α,β-unsaturated/α-hetero) is 1. The van der Waals surface area contributed by atoms with Crippen molar-refractivity contribution in [1.29, 1.82) is 0 Å². The van der Waals surface area contributed by atoms with Gasteiger partial charge in [-0.1, -0.05) is 38.2 Å². The highest BCUT2D eigenvalue weighted by molar-refractivity contribution is 5.87. The van der Waals surface area contributed by atoms with E-state index in [0.29, 0.717) is 35.4 Å². The molecule has 0 spiro atoms. The summed E-state index contributed by atoms with van der Waals surface area (Å²) in [7, 11) is 0. The third kappa shape index (κ3) is 3.02. The average molecular weight is 412 g/mol. The number of fused-ring (bicyclic) bond motifs is 5. The number of ketones is 1. The molecule has 1 aliphatic heterocycles. The molecule has 1 heterocycles. The maximum Gasteiger partial charge on any atom is 0.139 e. The van der Waals surface area contributed by atoms with Crippen molar-refractivity contribution in [1.82, 2.24) is 5.32 Å². The van der Waals surface area contributed by atoms with E-state index < -0.39 is 5.60 Å². The first-order valence-corrected chi connectivity index (χ1v) is 12.6. The minimum atomic E-state index is -0.636. The fraction of sp³-hybridized carbons (Fsp3) is 0.815. The lowest BCUT2D eigenvalue weighted by atomic mass is 9.42. The molecule has 2 N–H and O–H groups in total. The highest BCUT2D eigenvalue weighted by Crippen LogP contribution is 2.68. The van der Waals surface area contributed by atoms with Gasteiger partial charge in [0.2, 0.25) is 0 Å². The Morgan fingerprint density at radius 1 is 1.00 bits per heavy atom. The van der Waals surface area contributed by atoms with Gasteiger partial charge in [0.1, 0.15) is 5.78 Å². The Morgan fingerprint density at radius 2 is 1.73 bits per heavy atom. The molecule has 0 aromatic carbocycles. The van der Waals surface area contributed by atoms with Crippen LogP contribution >= 0.6 is 0 Å². The maximum atomic E-state index is 12.7. The third-order valence-electron chi connectivity index (χ3n) is 10.5. The van der Waals surface area contributed by atoms with Gasteiger partial charge in [0.25, 0.3) is 0 Å². The van der Waals surface area contributed by atoms with Gasteiger partial charge in [-0.3, -0.25) is 4.79 Å². The van der Waals surface area contributed by atoms with E-state index in [4.69, 9.17) is 0 Å². The lowest BCUT2D eigenvalue weighted by molar-refractivity contribution is -0.189. The van der Waals surface area contributed by atoms with Gasteiger partial charge >= 0.3 is 0 Å². The molecule has 3 nitrogen and oxygen atoms in total. The number of rotatable bonds is 2. The largest absolute Gasteiger partial charge is 0.389 e. The minimum Gasteiger partial charge on any atom is -0.389 e. The summed E-state index contributed by atoms with van der Waals surface area (Å²) < 4.78 is 0. The lowest BCUT2D eigenvalue weighted by Crippen LogP contribution is -2.62. The Morgan fingerprint density at radius 3 is 2.50 bits per heavy atom. The number of aliphatic hydroxyl groups is 1. The van der Waals surface area contributed by atoms with Crippen molar-refractivity contribution in [2.45, 2.75) is 83.7 Å². The molecule has 1 saturated heterocycles. The summed E-state index contributed by atoms with van der Waals surface area (Å²) in [6.45, 7) is 11.4. The number of carbonyl (C=O) groups is 1. The van der Waals surface area contributed by atoms with Gasteiger partial charge in [0, 0.05) is 17.3 Å². The molecular weight excluding hydrogens is 370 g/mol. The second kappa shape index (κ2) is 7.30. The fourth-order valence-electron chi connectivity index (χ4n) is 8.50.